The molecule has 196 valence electrons. The first-order chi connectivity index (χ1) is 17.1. The Bertz CT molecular complexity index is 1050. The van der Waals surface area contributed by atoms with Gasteiger partial charge < -0.3 is 20.3 Å². The van der Waals surface area contributed by atoms with Crippen LogP contribution in [0.4, 0.5) is 5.69 Å². The number of aryl methyl sites for hydroxylation is 2. The van der Waals surface area contributed by atoms with Crippen LogP contribution >= 0.6 is 12.2 Å². The molecule has 2 aromatic rings. The van der Waals surface area contributed by atoms with Crippen LogP contribution < -0.4 is 15.4 Å². The highest BCUT2D eigenvalue weighted by Gasteiger charge is 2.28. The van der Waals surface area contributed by atoms with E-state index >= 15 is 0 Å². The molecule has 2 amide bonds. The highest BCUT2D eigenvalue weighted by Crippen LogP contribution is 2.24. The Morgan fingerprint density at radius 3 is 2.39 bits per heavy atom. The van der Waals surface area contributed by atoms with Crippen molar-refractivity contribution in [3.63, 3.8) is 0 Å². The topological polar surface area (TPSA) is 70.7 Å². The number of anilines is 1. The molecule has 36 heavy (non-hydrogen) atoms. The zero-order chi connectivity index (χ0) is 26.7. The minimum absolute atomic E-state index is 0.00140. The molecule has 0 aliphatic carbocycles. The summed E-state index contributed by atoms with van der Waals surface area (Å²) in [4.78, 5) is 27.7. The van der Waals surface area contributed by atoms with Crippen molar-refractivity contribution < 1.29 is 14.3 Å². The largest absolute Gasteiger partial charge is 0.493 e. The molecule has 0 saturated carbocycles. The Morgan fingerprint density at radius 2 is 1.72 bits per heavy atom. The molecule has 0 unspecified atom stereocenters. The zero-order valence-corrected chi connectivity index (χ0v) is 23.4. The van der Waals surface area contributed by atoms with Crippen LogP contribution in [0, 0.1) is 19.3 Å². The maximum Gasteiger partial charge on any atom is 0.253 e. The van der Waals surface area contributed by atoms with Crippen molar-refractivity contribution in [1.29, 1.82) is 0 Å². The Kier molecular flexibility index (Phi) is 11.4. The number of nitrogens with zero attached hydrogens (tertiary/aromatic N) is 1. The van der Waals surface area contributed by atoms with E-state index in [4.69, 9.17) is 17.0 Å². The fourth-order valence-electron chi connectivity index (χ4n) is 3.87. The second kappa shape index (κ2) is 14.0. The van der Waals surface area contributed by atoms with E-state index in [0.717, 1.165) is 49.2 Å². The Labute approximate surface area is 221 Å². The predicted octanol–water partition coefficient (Wildman–Crippen LogP) is 6.26. The van der Waals surface area contributed by atoms with E-state index in [1.165, 1.54) is 0 Å². The molecule has 6 nitrogen and oxygen atoms in total. The number of hydrogen-bond donors (Lipinski definition) is 2. The first-order valence-corrected chi connectivity index (χ1v) is 13.2. The number of benzene rings is 2. The minimum atomic E-state index is -0.616. The van der Waals surface area contributed by atoms with E-state index in [9.17, 15) is 9.59 Å². The second-order valence-electron chi connectivity index (χ2n) is 9.89. The lowest BCUT2D eigenvalue weighted by molar-refractivity contribution is -0.128. The number of rotatable bonds is 12. The molecule has 0 spiro atoms. The number of carbonyl (C=O) groups excluding carboxylic acids is 2. The SMILES string of the molecule is CCCN(CCC)C(=O)c1cccc(NC(=S)NC(=O)C(C)(C)CCCOc2cc(C)ccc2C)c1. The van der Waals surface area contributed by atoms with Crippen LogP contribution in [0.3, 0.4) is 0 Å². The number of hydrogen-bond acceptors (Lipinski definition) is 4. The second-order valence-corrected chi connectivity index (χ2v) is 10.3. The van der Waals surface area contributed by atoms with Gasteiger partial charge in [-0.3, -0.25) is 9.59 Å². The summed E-state index contributed by atoms with van der Waals surface area (Å²) >= 11 is 5.39. The predicted molar refractivity (Wildman–Crippen MR) is 152 cm³/mol. The van der Waals surface area contributed by atoms with Gasteiger partial charge >= 0.3 is 0 Å². The molecule has 0 saturated heterocycles. The molecule has 2 N–H and O–H groups in total. The molecule has 0 atom stereocenters. The van der Waals surface area contributed by atoms with Crippen LogP contribution in [0.25, 0.3) is 0 Å². The lowest BCUT2D eigenvalue weighted by Crippen LogP contribution is -2.42. The summed E-state index contributed by atoms with van der Waals surface area (Å²) in [5.74, 6) is 0.730. The molecule has 0 radical (unpaired) electrons. The molecular weight excluding hydrogens is 470 g/mol. The average Bonchev–Trinajstić information content (AvgIpc) is 2.83. The van der Waals surface area contributed by atoms with E-state index in [1.807, 2.05) is 56.9 Å². The molecule has 2 rings (SSSR count). The van der Waals surface area contributed by atoms with Crippen LogP contribution in [0.15, 0.2) is 42.5 Å². The van der Waals surface area contributed by atoms with Gasteiger partial charge in [0.15, 0.2) is 5.11 Å². The first kappa shape index (κ1) is 29.3. The smallest absolute Gasteiger partial charge is 0.253 e. The van der Waals surface area contributed by atoms with Crippen LogP contribution in [0.5, 0.6) is 5.75 Å². The molecule has 0 fully saturated rings. The molecule has 0 aliphatic heterocycles. The summed E-state index contributed by atoms with van der Waals surface area (Å²) in [5.41, 5.74) is 2.91. The van der Waals surface area contributed by atoms with Gasteiger partial charge in [-0.15, -0.1) is 0 Å². The van der Waals surface area contributed by atoms with Gasteiger partial charge in [0, 0.05) is 29.8 Å². The van der Waals surface area contributed by atoms with Crippen molar-refractivity contribution in [2.75, 3.05) is 25.0 Å². The standard InChI is InChI=1S/C29H41N3O3S/c1-7-16-32(17-8-2)26(33)23-11-9-12-24(20-23)30-28(36)31-27(34)29(5,6)15-10-18-35-25-19-21(3)13-14-22(25)4/h9,11-14,19-20H,7-8,10,15-18H2,1-6H3,(H2,30,31,34,36). The van der Waals surface area contributed by atoms with Gasteiger partial charge in [-0.05, 0) is 87.1 Å². The summed E-state index contributed by atoms with van der Waals surface area (Å²) in [6, 6.07) is 13.4. The number of ether oxygens (including phenoxy) is 1. The average molecular weight is 512 g/mol. The summed E-state index contributed by atoms with van der Waals surface area (Å²) in [7, 11) is 0. The number of thiocarbonyl (C=S) groups is 1. The van der Waals surface area contributed by atoms with Crippen LogP contribution in [0.2, 0.25) is 0 Å². The summed E-state index contributed by atoms with van der Waals surface area (Å²) in [6.07, 6.45) is 3.21. The maximum atomic E-state index is 12.9. The van der Waals surface area contributed by atoms with E-state index in [1.54, 1.807) is 12.1 Å². The van der Waals surface area contributed by atoms with Gasteiger partial charge in [-0.2, -0.15) is 0 Å². The zero-order valence-electron chi connectivity index (χ0n) is 22.6. The van der Waals surface area contributed by atoms with Gasteiger partial charge in [-0.25, -0.2) is 0 Å². The van der Waals surface area contributed by atoms with Crippen molar-refractivity contribution in [3.8, 4) is 5.75 Å². The van der Waals surface area contributed by atoms with E-state index < -0.39 is 5.41 Å². The molecule has 0 heterocycles. The third-order valence-corrected chi connectivity index (χ3v) is 6.23. The van der Waals surface area contributed by atoms with Crippen molar-refractivity contribution in [3.05, 3.63) is 59.2 Å². The summed E-state index contributed by atoms with van der Waals surface area (Å²) < 4.78 is 5.93. The van der Waals surface area contributed by atoms with Crippen molar-refractivity contribution in [2.24, 2.45) is 5.41 Å². The summed E-state index contributed by atoms with van der Waals surface area (Å²) in [6.45, 7) is 14.0. The number of nitrogens with one attached hydrogen (secondary N) is 2. The van der Waals surface area contributed by atoms with Crippen molar-refractivity contribution in [2.45, 2.75) is 67.2 Å². The van der Waals surface area contributed by atoms with E-state index in [0.29, 0.717) is 24.3 Å². The first-order valence-electron chi connectivity index (χ1n) is 12.8. The van der Waals surface area contributed by atoms with Crippen LogP contribution in [-0.4, -0.2) is 41.5 Å². The molecular formula is C29H41N3O3S. The minimum Gasteiger partial charge on any atom is -0.493 e. The van der Waals surface area contributed by atoms with E-state index in [-0.39, 0.29) is 16.9 Å². The number of amides is 2. The number of carbonyl (C=O) groups is 2. The Hall–Kier alpha value is -2.93. The van der Waals surface area contributed by atoms with Gasteiger partial charge in [0.1, 0.15) is 5.75 Å². The monoisotopic (exact) mass is 511 g/mol. The Balaban J connectivity index is 1.88. The highest BCUT2D eigenvalue weighted by molar-refractivity contribution is 7.80. The fraction of sp³-hybridized carbons (Fsp3) is 0.483. The maximum absolute atomic E-state index is 12.9. The molecule has 2 aromatic carbocycles. The fourth-order valence-corrected chi connectivity index (χ4v) is 4.09. The lowest BCUT2D eigenvalue weighted by atomic mass is 9.87. The normalized spacial score (nSPS) is 11.1. The lowest BCUT2D eigenvalue weighted by Gasteiger charge is -2.24. The van der Waals surface area contributed by atoms with Gasteiger partial charge in [0.25, 0.3) is 5.91 Å². The molecule has 7 heteroatoms. The summed E-state index contributed by atoms with van der Waals surface area (Å²) in [5, 5.41) is 6.06. The van der Waals surface area contributed by atoms with Gasteiger partial charge in [0.05, 0.1) is 6.61 Å². The van der Waals surface area contributed by atoms with Crippen LogP contribution in [0.1, 0.15) is 74.9 Å². The van der Waals surface area contributed by atoms with Crippen molar-refractivity contribution in [1.82, 2.24) is 10.2 Å². The highest BCUT2D eigenvalue weighted by atomic mass is 32.1. The van der Waals surface area contributed by atoms with Gasteiger partial charge in [0.2, 0.25) is 5.91 Å². The Morgan fingerprint density at radius 1 is 1.03 bits per heavy atom. The molecule has 0 aromatic heterocycles. The van der Waals surface area contributed by atoms with E-state index in [2.05, 4.69) is 30.5 Å². The quantitative estimate of drug-likeness (QED) is 0.260. The third-order valence-electron chi connectivity index (χ3n) is 6.03. The third kappa shape index (κ3) is 8.94. The van der Waals surface area contributed by atoms with Gasteiger partial charge in [-0.1, -0.05) is 45.9 Å². The van der Waals surface area contributed by atoms with Crippen molar-refractivity contribution >= 4 is 34.8 Å². The van der Waals surface area contributed by atoms with Crippen LogP contribution in [-0.2, 0) is 4.79 Å². The molecule has 0 aliphatic rings. The molecule has 0 bridgehead atoms.